The second-order valence-corrected chi connectivity index (χ2v) is 13.4. The Morgan fingerprint density at radius 3 is 1.26 bits per heavy atom. The molecule has 0 saturated heterocycles. The van der Waals surface area contributed by atoms with Crippen molar-refractivity contribution in [3.05, 3.63) is 71.8 Å². The highest BCUT2D eigenvalue weighted by Gasteiger charge is 2.33. The summed E-state index contributed by atoms with van der Waals surface area (Å²) in [7, 11) is -8.07. The van der Waals surface area contributed by atoms with Crippen molar-refractivity contribution in [2.75, 3.05) is 18.2 Å². The largest absolute Gasteiger partial charge is 0.230 e. The number of benzene rings is 2. The molecular weight excluding hydrogens is 480 g/mol. The molecule has 0 radical (unpaired) electrons. The number of rotatable bonds is 18. The van der Waals surface area contributed by atoms with E-state index >= 15 is 0 Å². The maximum Gasteiger partial charge on any atom is 0.230 e. The van der Waals surface area contributed by atoms with Crippen molar-refractivity contribution in [2.24, 2.45) is 0 Å². The molecule has 0 N–H and O–H groups in total. The Balaban J connectivity index is 2.22. The molecule has 0 aromatic heterocycles. The van der Waals surface area contributed by atoms with Crippen molar-refractivity contribution in [1.82, 2.24) is 8.61 Å². The molecule has 0 spiro atoms. The number of hydrogen-bond acceptors (Lipinski definition) is 4. The molecule has 35 heavy (non-hydrogen) atoms. The summed E-state index contributed by atoms with van der Waals surface area (Å²) in [4.78, 5) is 0. The maximum atomic E-state index is 13.5. The molecule has 0 saturated carbocycles. The van der Waals surface area contributed by atoms with E-state index in [2.05, 4.69) is 13.8 Å². The molecular formula is C27H42N2O4S2. The Kier molecular flexibility index (Phi) is 13.0. The lowest BCUT2D eigenvalue weighted by Gasteiger charge is -2.26. The van der Waals surface area contributed by atoms with Gasteiger partial charge in [-0.1, -0.05) is 113 Å². The lowest BCUT2D eigenvalue weighted by Crippen LogP contribution is -2.41. The van der Waals surface area contributed by atoms with Crippen LogP contribution in [0.3, 0.4) is 0 Å². The second-order valence-electron chi connectivity index (χ2n) is 9.10. The van der Waals surface area contributed by atoms with E-state index in [1.54, 1.807) is 0 Å². The molecule has 0 amide bonds. The van der Waals surface area contributed by atoms with Gasteiger partial charge in [-0.2, -0.15) is 8.61 Å². The second kappa shape index (κ2) is 15.4. The molecule has 0 aliphatic carbocycles. The predicted molar refractivity (Wildman–Crippen MR) is 145 cm³/mol. The van der Waals surface area contributed by atoms with Crippen molar-refractivity contribution in [2.45, 2.75) is 78.3 Å². The highest BCUT2D eigenvalue weighted by molar-refractivity contribution is 8.05. The fraction of sp³-hybridized carbons (Fsp3) is 0.556. The zero-order chi connectivity index (χ0) is 25.6. The van der Waals surface area contributed by atoms with E-state index < -0.39 is 25.1 Å². The van der Waals surface area contributed by atoms with Crippen LogP contribution in [0.2, 0.25) is 0 Å². The normalized spacial score (nSPS) is 12.5. The molecule has 2 rings (SSSR count). The van der Waals surface area contributed by atoms with Gasteiger partial charge in [0.15, 0.2) is 5.08 Å². The average Bonchev–Trinajstić information content (AvgIpc) is 2.83. The van der Waals surface area contributed by atoms with Gasteiger partial charge in [-0.25, -0.2) is 16.8 Å². The summed E-state index contributed by atoms with van der Waals surface area (Å²) in [6, 6.07) is 18.7. The van der Waals surface area contributed by atoms with Gasteiger partial charge in [-0.15, -0.1) is 0 Å². The molecule has 0 bridgehead atoms. The summed E-state index contributed by atoms with van der Waals surface area (Å²) in [5, 5.41) is -0.902. The third kappa shape index (κ3) is 10.8. The highest BCUT2D eigenvalue weighted by Crippen LogP contribution is 2.18. The Morgan fingerprint density at radius 1 is 0.543 bits per heavy atom. The summed E-state index contributed by atoms with van der Waals surface area (Å²) in [6.45, 7) is 5.21. The van der Waals surface area contributed by atoms with Crippen LogP contribution in [-0.2, 0) is 33.1 Å². The zero-order valence-electron chi connectivity index (χ0n) is 21.3. The quantitative estimate of drug-likeness (QED) is 0.233. The van der Waals surface area contributed by atoms with Crippen molar-refractivity contribution in [3.63, 3.8) is 0 Å². The molecule has 0 heterocycles. The third-order valence-electron chi connectivity index (χ3n) is 6.01. The van der Waals surface area contributed by atoms with Gasteiger partial charge in [0.2, 0.25) is 20.0 Å². The third-order valence-corrected chi connectivity index (χ3v) is 10.6. The molecule has 0 aliphatic rings. The molecule has 2 aromatic carbocycles. The molecule has 6 nitrogen and oxygen atoms in total. The SMILES string of the molecule is CCCCCCN(Cc1ccccc1)S(=O)(=O)CS(=O)(=O)N(CCCCCC)Cc1ccccc1. The van der Waals surface area contributed by atoms with E-state index in [-0.39, 0.29) is 13.1 Å². The van der Waals surface area contributed by atoms with Crippen molar-refractivity contribution in [1.29, 1.82) is 0 Å². The van der Waals surface area contributed by atoms with E-state index in [4.69, 9.17) is 0 Å². The first-order valence-corrected chi connectivity index (χ1v) is 16.0. The van der Waals surface area contributed by atoms with Gasteiger partial charge in [0, 0.05) is 26.2 Å². The summed E-state index contributed by atoms with van der Waals surface area (Å²) >= 11 is 0. The van der Waals surface area contributed by atoms with Crippen LogP contribution in [0.4, 0.5) is 0 Å². The van der Waals surface area contributed by atoms with Gasteiger partial charge in [-0.3, -0.25) is 0 Å². The summed E-state index contributed by atoms with van der Waals surface area (Å²) in [6.07, 6.45) is 7.41. The van der Waals surface area contributed by atoms with E-state index in [9.17, 15) is 16.8 Å². The minimum absolute atomic E-state index is 0.181. The van der Waals surface area contributed by atoms with Crippen LogP contribution in [0.25, 0.3) is 0 Å². The van der Waals surface area contributed by atoms with Crippen LogP contribution in [0.15, 0.2) is 60.7 Å². The number of unbranched alkanes of at least 4 members (excludes halogenated alkanes) is 6. The zero-order valence-corrected chi connectivity index (χ0v) is 22.9. The fourth-order valence-corrected chi connectivity index (χ4v) is 8.18. The first-order valence-electron chi connectivity index (χ1n) is 12.8. The average molecular weight is 523 g/mol. The standard InChI is InChI=1S/C27H42N2O4S2/c1-3-5-7-15-21-28(23-26-17-11-9-12-18-26)34(30,31)25-35(32,33)29(22-16-8-6-4-2)24-27-19-13-10-14-20-27/h9-14,17-20H,3-8,15-16,21-25H2,1-2H3. The minimum atomic E-state index is -4.03. The van der Waals surface area contributed by atoms with Crippen LogP contribution in [-0.4, -0.2) is 43.6 Å². The number of hydrogen-bond donors (Lipinski definition) is 0. The molecule has 0 aliphatic heterocycles. The number of sulfonamides is 2. The van der Waals surface area contributed by atoms with Crippen molar-refractivity contribution >= 4 is 20.0 Å². The van der Waals surface area contributed by atoms with Gasteiger partial charge in [0.1, 0.15) is 0 Å². The molecule has 0 fully saturated rings. The van der Waals surface area contributed by atoms with Crippen LogP contribution in [0, 0.1) is 0 Å². The first-order chi connectivity index (χ1) is 16.8. The van der Waals surface area contributed by atoms with E-state index in [0.717, 1.165) is 49.7 Å². The van der Waals surface area contributed by atoms with Crippen molar-refractivity contribution < 1.29 is 16.8 Å². The smallest absolute Gasteiger partial charge is 0.211 e. The van der Waals surface area contributed by atoms with Crippen molar-refractivity contribution in [3.8, 4) is 0 Å². The Hall–Kier alpha value is -1.74. The van der Waals surface area contributed by atoms with Gasteiger partial charge in [0.25, 0.3) is 0 Å². The molecule has 8 heteroatoms. The maximum absolute atomic E-state index is 13.5. The molecule has 196 valence electrons. The van der Waals surface area contributed by atoms with Gasteiger partial charge in [-0.05, 0) is 24.0 Å². The molecule has 2 aromatic rings. The Morgan fingerprint density at radius 2 is 0.914 bits per heavy atom. The minimum Gasteiger partial charge on any atom is -0.211 e. The summed E-state index contributed by atoms with van der Waals surface area (Å²) < 4.78 is 56.6. The fourth-order valence-electron chi connectivity index (χ4n) is 3.97. The van der Waals surface area contributed by atoms with Crippen LogP contribution in [0.1, 0.15) is 76.3 Å². The van der Waals surface area contributed by atoms with E-state index in [0.29, 0.717) is 25.9 Å². The lowest BCUT2D eigenvalue weighted by molar-refractivity contribution is 0.385. The van der Waals surface area contributed by atoms with Crippen LogP contribution >= 0.6 is 0 Å². The van der Waals surface area contributed by atoms with Crippen LogP contribution in [0.5, 0.6) is 0 Å². The summed E-state index contributed by atoms with van der Waals surface area (Å²) in [5.41, 5.74) is 1.70. The Labute approximate surface area is 213 Å². The molecule has 0 atom stereocenters. The van der Waals surface area contributed by atoms with E-state index in [1.807, 2.05) is 60.7 Å². The number of nitrogens with zero attached hydrogens (tertiary/aromatic N) is 2. The van der Waals surface area contributed by atoms with E-state index in [1.165, 1.54) is 8.61 Å². The Bertz CT molecular complexity index is 958. The highest BCUT2D eigenvalue weighted by atomic mass is 32.3. The van der Waals surface area contributed by atoms with Crippen LogP contribution < -0.4 is 0 Å². The topological polar surface area (TPSA) is 74.8 Å². The molecule has 0 unspecified atom stereocenters. The van der Waals surface area contributed by atoms with Gasteiger partial charge >= 0.3 is 0 Å². The van der Waals surface area contributed by atoms with Gasteiger partial charge < -0.3 is 0 Å². The van der Waals surface area contributed by atoms with Gasteiger partial charge in [0.05, 0.1) is 0 Å². The lowest BCUT2D eigenvalue weighted by atomic mass is 10.2. The monoisotopic (exact) mass is 522 g/mol. The first kappa shape index (κ1) is 29.5. The summed E-state index contributed by atoms with van der Waals surface area (Å²) in [5.74, 6) is 0. The predicted octanol–water partition coefficient (Wildman–Crippen LogP) is 5.77.